The van der Waals surface area contributed by atoms with Crippen LogP contribution in [0.1, 0.15) is 68.6 Å². The molecular formula is C30H40F2N2O4. The van der Waals surface area contributed by atoms with Crippen molar-refractivity contribution in [2.24, 2.45) is 0 Å². The second-order valence-corrected chi connectivity index (χ2v) is 10.6. The van der Waals surface area contributed by atoms with Crippen molar-refractivity contribution in [2.45, 2.75) is 88.7 Å². The SMILES string of the molecule is CC(=O)NC(Cc1cc(F)cc(F)c1)C(O)CNC1(c2cccc(CCC3OCCCO3)c2)CCCCC1. The number of amides is 1. The molecule has 0 radical (unpaired) electrons. The summed E-state index contributed by atoms with van der Waals surface area (Å²) in [6.07, 6.45) is 6.82. The van der Waals surface area contributed by atoms with Crippen LogP contribution in [-0.2, 0) is 32.6 Å². The molecule has 4 rings (SSSR count). The maximum absolute atomic E-state index is 13.7. The minimum Gasteiger partial charge on any atom is -0.390 e. The number of carbonyl (C=O) groups excluding carboxylic acids is 1. The van der Waals surface area contributed by atoms with Crippen molar-refractivity contribution in [3.05, 3.63) is 70.8 Å². The Morgan fingerprint density at radius 1 is 1.03 bits per heavy atom. The Hall–Kier alpha value is -2.39. The van der Waals surface area contributed by atoms with E-state index in [9.17, 15) is 18.7 Å². The molecule has 38 heavy (non-hydrogen) atoms. The first kappa shape index (κ1) is 28.6. The Kier molecular flexibility index (Phi) is 10.2. The number of aliphatic hydroxyl groups is 1. The summed E-state index contributed by atoms with van der Waals surface area (Å²) < 4.78 is 38.9. The third kappa shape index (κ3) is 8.06. The first-order valence-electron chi connectivity index (χ1n) is 13.8. The lowest BCUT2D eigenvalue weighted by molar-refractivity contribution is -0.180. The number of benzene rings is 2. The van der Waals surface area contributed by atoms with E-state index < -0.39 is 23.8 Å². The minimum absolute atomic E-state index is 0.116. The molecular weight excluding hydrogens is 490 g/mol. The summed E-state index contributed by atoms with van der Waals surface area (Å²) >= 11 is 0. The van der Waals surface area contributed by atoms with Gasteiger partial charge in [0.1, 0.15) is 11.6 Å². The van der Waals surface area contributed by atoms with Crippen LogP contribution >= 0.6 is 0 Å². The molecule has 1 heterocycles. The molecule has 208 valence electrons. The van der Waals surface area contributed by atoms with Crippen molar-refractivity contribution >= 4 is 5.91 Å². The van der Waals surface area contributed by atoms with Crippen LogP contribution in [0.2, 0.25) is 0 Å². The molecule has 0 bridgehead atoms. The highest BCUT2D eigenvalue weighted by Gasteiger charge is 2.35. The topological polar surface area (TPSA) is 79.8 Å². The molecule has 2 unspecified atom stereocenters. The number of rotatable bonds is 11. The van der Waals surface area contributed by atoms with Crippen molar-refractivity contribution in [1.82, 2.24) is 10.6 Å². The quantitative estimate of drug-likeness (QED) is 0.398. The normalized spacial score (nSPS) is 19.6. The molecule has 1 amide bonds. The molecule has 1 saturated carbocycles. The summed E-state index contributed by atoms with van der Waals surface area (Å²) in [6.45, 7) is 3.09. The van der Waals surface area contributed by atoms with Crippen LogP contribution in [-0.4, -0.2) is 49.2 Å². The van der Waals surface area contributed by atoms with Crippen molar-refractivity contribution in [3.8, 4) is 0 Å². The summed E-state index contributed by atoms with van der Waals surface area (Å²) in [4.78, 5) is 11.9. The van der Waals surface area contributed by atoms with E-state index in [1.807, 2.05) is 0 Å². The van der Waals surface area contributed by atoms with Gasteiger partial charge in [0.2, 0.25) is 5.91 Å². The first-order chi connectivity index (χ1) is 18.3. The van der Waals surface area contributed by atoms with Crippen LogP contribution in [0.3, 0.4) is 0 Å². The molecule has 1 saturated heterocycles. The molecule has 6 nitrogen and oxygen atoms in total. The minimum atomic E-state index is -0.951. The number of ether oxygens (including phenoxy) is 2. The fourth-order valence-electron chi connectivity index (χ4n) is 5.70. The van der Waals surface area contributed by atoms with E-state index in [0.29, 0.717) is 5.56 Å². The van der Waals surface area contributed by atoms with Gasteiger partial charge in [-0.05, 0) is 60.9 Å². The Bertz CT molecular complexity index is 1030. The first-order valence-corrected chi connectivity index (χ1v) is 13.8. The van der Waals surface area contributed by atoms with Crippen LogP contribution in [0.5, 0.6) is 0 Å². The highest BCUT2D eigenvalue weighted by molar-refractivity contribution is 5.73. The summed E-state index contributed by atoms with van der Waals surface area (Å²) in [5, 5.41) is 17.6. The van der Waals surface area contributed by atoms with Gasteiger partial charge in [0.25, 0.3) is 0 Å². The average Bonchev–Trinajstić information content (AvgIpc) is 2.91. The Labute approximate surface area is 224 Å². The van der Waals surface area contributed by atoms with Gasteiger partial charge in [0.05, 0.1) is 25.4 Å². The number of carbonyl (C=O) groups is 1. The van der Waals surface area contributed by atoms with Crippen LogP contribution in [0.25, 0.3) is 0 Å². The van der Waals surface area contributed by atoms with E-state index in [1.165, 1.54) is 36.6 Å². The fraction of sp³-hybridized carbons (Fsp3) is 0.567. The molecule has 2 atom stereocenters. The number of halogens is 2. The van der Waals surface area contributed by atoms with Crippen molar-refractivity contribution < 1.29 is 28.2 Å². The predicted octanol–water partition coefficient (Wildman–Crippen LogP) is 4.52. The lowest BCUT2D eigenvalue weighted by atomic mass is 9.76. The van der Waals surface area contributed by atoms with Gasteiger partial charge in [-0.25, -0.2) is 8.78 Å². The van der Waals surface area contributed by atoms with Gasteiger partial charge in [-0.1, -0.05) is 43.5 Å². The number of hydrogen-bond donors (Lipinski definition) is 3. The lowest BCUT2D eigenvalue weighted by Gasteiger charge is -2.40. The molecule has 8 heteroatoms. The molecule has 0 aromatic heterocycles. The van der Waals surface area contributed by atoms with E-state index in [0.717, 1.165) is 64.2 Å². The zero-order valence-electron chi connectivity index (χ0n) is 22.2. The van der Waals surface area contributed by atoms with Crippen molar-refractivity contribution in [1.29, 1.82) is 0 Å². The molecule has 1 aliphatic heterocycles. The average molecular weight is 531 g/mol. The number of hydrogen-bond acceptors (Lipinski definition) is 5. The fourth-order valence-corrected chi connectivity index (χ4v) is 5.70. The second-order valence-electron chi connectivity index (χ2n) is 10.6. The van der Waals surface area contributed by atoms with Crippen LogP contribution in [0.4, 0.5) is 8.78 Å². The largest absolute Gasteiger partial charge is 0.390 e. The van der Waals surface area contributed by atoms with Crippen molar-refractivity contribution in [2.75, 3.05) is 19.8 Å². The summed E-state index contributed by atoms with van der Waals surface area (Å²) in [6, 6.07) is 11.2. The maximum Gasteiger partial charge on any atom is 0.217 e. The van der Waals surface area contributed by atoms with Gasteiger partial charge in [-0.2, -0.15) is 0 Å². The van der Waals surface area contributed by atoms with Crippen molar-refractivity contribution in [3.63, 3.8) is 0 Å². The molecule has 3 N–H and O–H groups in total. The molecule has 2 aromatic rings. The number of aryl methyl sites for hydroxylation is 1. The summed E-state index contributed by atoms with van der Waals surface area (Å²) in [7, 11) is 0. The van der Waals surface area contributed by atoms with E-state index in [-0.39, 0.29) is 30.7 Å². The van der Waals surface area contributed by atoms with E-state index in [1.54, 1.807) is 0 Å². The smallest absolute Gasteiger partial charge is 0.217 e. The van der Waals surface area contributed by atoms with Crippen LogP contribution < -0.4 is 10.6 Å². The Balaban J connectivity index is 1.45. The monoisotopic (exact) mass is 530 g/mol. The zero-order valence-corrected chi connectivity index (χ0v) is 22.2. The summed E-state index contributed by atoms with van der Waals surface area (Å²) in [5.74, 6) is -1.68. The predicted molar refractivity (Wildman–Crippen MR) is 142 cm³/mol. The third-order valence-electron chi connectivity index (χ3n) is 7.63. The maximum atomic E-state index is 13.7. The standard InChI is InChI=1S/C30H40F2N2O4/c1-21(35)34-27(18-23-16-25(31)19-26(32)17-23)28(36)20-33-30(11-3-2-4-12-30)24-8-5-7-22(15-24)9-10-29-37-13-6-14-38-29/h5,7-8,15-17,19,27-29,33,36H,2-4,6,9-14,18,20H2,1H3,(H,34,35). The molecule has 2 aromatic carbocycles. The molecule has 2 fully saturated rings. The van der Waals surface area contributed by atoms with E-state index in [4.69, 9.17) is 9.47 Å². The zero-order chi connectivity index (χ0) is 27.0. The van der Waals surface area contributed by atoms with Crippen LogP contribution in [0, 0.1) is 11.6 Å². The molecule has 1 aliphatic carbocycles. The highest BCUT2D eigenvalue weighted by atomic mass is 19.1. The van der Waals surface area contributed by atoms with E-state index >= 15 is 0 Å². The molecule has 2 aliphatic rings. The highest BCUT2D eigenvalue weighted by Crippen LogP contribution is 2.37. The van der Waals surface area contributed by atoms with Gasteiger partial charge in [-0.3, -0.25) is 4.79 Å². The van der Waals surface area contributed by atoms with Gasteiger partial charge in [0, 0.05) is 31.5 Å². The molecule has 0 spiro atoms. The Morgan fingerprint density at radius 2 is 1.74 bits per heavy atom. The van der Waals surface area contributed by atoms with Gasteiger partial charge >= 0.3 is 0 Å². The van der Waals surface area contributed by atoms with Crippen LogP contribution in [0.15, 0.2) is 42.5 Å². The van der Waals surface area contributed by atoms with Gasteiger partial charge < -0.3 is 25.2 Å². The third-order valence-corrected chi connectivity index (χ3v) is 7.63. The van der Waals surface area contributed by atoms with E-state index in [2.05, 4.69) is 34.9 Å². The Morgan fingerprint density at radius 3 is 2.42 bits per heavy atom. The summed E-state index contributed by atoms with van der Waals surface area (Å²) in [5.41, 5.74) is 2.50. The lowest BCUT2D eigenvalue weighted by Crippen LogP contribution is -2.53. The number of nitrogens with one attached hydrogen (secondary N) is 2. The van der Waals surface area contributed by atoms with Gasteiger partial charge in [0.15, 0.2) is 6.29 Å². The number of aliphatic hydroxyl groups excluding tert-OH is 1. The second kappa shape index (κ2) is 13.6. The van der Waals surface area contributed by atoms with Gasteiger partial charge in [-0.15, -0.1) is 0 Å².